The minimum atomic E-state index is -1.53. The summed E-state index contributed by atoms with van der Waals surface area (Å²) >= 11 is 4.13. The van der Waals surface area contributed by atoms with E-state index in [0.29, 0.717) is 5.75 Å². The van der Waals surface area contributed by atoms with E-state index in [1.807, 2.05) is 0 Å². The van der Waals surface area contributed by atoms with Gasteiger partial charge in [-0.3, -0.25) is 0 Å². The van der Waals surface area contributed by atoms with Crippen molar-refractivity contribution in [3.63, 3.8) is 0 Å². The van der Waals surface area contributed by atoms with Gasteiger partial charge in [0, 0.05) is 5.75 Å². The topological polar surface area (TPSA) is 20.2 Å². The van der Waals surface area contributed by atoms with Crippen molar-refractivity contribution in [3.8, 4) is 0 Å². The molecule has 0 rings (SSSR count). The third kappa shape index (κ3) is 2.49. The number of rotatable bonds is 2. The first-order valence-electron chi connectivity index (χ1n) is 4.02. The van der Waals surface area contributed by atoms with E-state index in [1.165, 1.54) is 0 Å². The van der Waals surface area contributed by atoms with Crippen LogP contribution in [-0.2, 0) is 0 Å². The maximum Gasteiger partial charge on any atom is 0.0875 e. The third-order valence-corrected chi connectivity index (χ3v) is 9.36. The maximum atomic E-state index is 9.71. The second-order valence-corrected chi connectivity index (χ2v) is 10.6. The Morgan fingerprint density at radius 2 is 1.73 bits per heavy atom. The van der Waals surface area contributed by atoms with Crippen LogP contribution in [0.2, 0.25) is 18.1 Å². The number of hydrogen-bond donors (Lipinski definition) is 2. The van der Waals surface area contributed by atoms with Crippen molar-refractivity contribution in [1.29, 1.82) is 0 Å². The monoisotopic (exact) mass is 192 g/mol. The van der Waals surface area contributed by atoms with Gasteiger partial charge < -0.3 is 5.11 Å². The minimum Gasteiger partial charge on any atom is -0.396 e. The molecule has 0 aliphatic carbocycles. The normalized spacial score (nSPS) is 16.6. The molecule has 0 aromatic rings. The molecule has 0 heterocycles. The molecule has 0 aromatic carbocycles. The summed E-state index contributed by atoms with van der Waals surface area (Å²) in [6.45, 7) is 11.0. The van der Waals surface area contributed by atoms with Gasteiger partial charge in [0.2, 0.25) is 0 Å². The molecule has 0 aliphatic rings. The van der Waals surface area contributed by atoms with Crippen molar-refractivity contribution in [2.75, 3.05) is 5.75 Å². The van der Waals surface area contributed by atoms with Crippen LogP contribution in [0.4, 0.5) is 0 Å². The van der Waals surface area contributed by atoms with Crippen LogP contribution in [0.15, 0.2) is 0 Å². The number of hydrogen-bond acceptors (Lipinski definition) is 2. The molecule has 1 nitrogen and oxygen atoms in total. The van der Waals surface area contributed by atoms with Crippen LogP contribution in [-0.4, -0.2) is 24.7 Å². The molecule has 1 N–H and O–H groups in total. The van der Waals surface area contributed by atoms with E-state index in [2.05, 4.69) is 46.5 Å². The van der Waals surface area contributed by atoms with Gasteiger partial charge in [-0.15, -0.1) is 0 Å². The highest BCUT2D eigenvalue weighted by Crippen LogP contribution is 2.38. The Kier molecular flexibility index (Phi) is 3.67. The summed E-state index contributed by atoms with van der Waals surface area (Å²) in [6, 6.07) is 0. The highest BCUT2D eigenvalue weighted by atomic mass is 32.1. The molecule has 0 spiro atoms. The molecule has 0 saturated carbocycles. The van der Waals surface area contributed by atoms with Gasteiger partial charge in [-0.05, 0) is 5.04 Å². The molecule has 0 bridgehead atoms. The van der Waals surface area contributed by atoms with Gasteiger partial charge in [0.15, 0.2) is 0 Å². The van der Waals surface area contributed by atoms with Crippen LogP contribution in [0, 0.1) is 0 Å². The van der Waals surface area contributed by atoms with Crippen LogP contribution in [0.25, 0.3) is 0 Å². The summed E-state index contributed by atoms with van der Waals surface area (Å²) in [5, 5.41) is 9.97. The smallest absolute Gasteiger partial charge is 0.0875 e. The summed E-state index contributed by atoms with van der Waals surface area (Å²) < 4.78 is 0. The zero-order valence-electron chi connectivity index (χ0n) is 8.18. The largest absolute Gasteiger partial charge is 0.396 e. The molecular formula is C8H20OSSi. The fraction of sp³-hybridized carbons (Fsp3) is 1.00. The summed E-state index contributed by atoms with van der Waals surface area (Å²) in [4.78, 5) is 0. The van der Waals surface area contributed by atoms with Gasteiger partial charge in [0.25, 0.3) is 0 Å². The Morgan fingerprint density at radius 3 is 1.82 bits per heavy atom. The van der Waals surface area contributed by atoms with Crippen LogP contribution < -0.4 is 0 Å². The van der Waals surface area contributed by atoms with Crippen molar-refractivity contribution in [2.45, 2.75) is 44.6 Å². The molecule has 0 saturated heterocycles. The lowest BCUT2D eigenvalue weighted by molar-refractivity contribution is 0.262. The second-order valence-electron chi connectivity index (χ2n) is 4.67. The van der Waals surface area contributed by atoms with E-state index in [9.17, 15) is 5.11 Å². The zero-order chi connectivity index (χ0) is 9.28. The van der Waals surface area contributed by atoms with E-state index < -0.39 is 8.07 Å². The van der Waals surface area contributed by atoms with Crippen molar-refractivity contribution >= 4 is 20.7 Å². The Bertz CT molecular complexity index is 129. The van der Waals surface area contributed by atoms with Gasteiger partial charge in [-0.1, -0.05) is 33.9 Å². The summed E-state index contributed by atoms with van der Waals surface area (Å²) in [7, 11) is -1.53. The van der Waals surface area contributed by atoms with E-state index in [-0.39, 0.29) is 10.8 Å². The molecule has 0 radical (unpaired) electrons. The first-order valence-corrected chi connectivity index (χ1v) is 7.73. The van der Waals surface area contributed by atoms with Gasteiger partial charge in [-0.2, -0.15) is 12.6 Å². The number of aliphatic hydroxyl groups excluding tert-OH is 1. The van der Waals surface area contributed by atoms with Crippen molar-refractivity contribution in [3.05, 3.63) is 0 Å². The summed E-state index contributed by atoms with van der Waals surface area (Å²) in [5.74, 6) is 0.594. The SMILES string of the molecule is CC(C)(C)[Si](C)(C)C(O)CS. The molecular weight excluding hydrogens is 172 g/mol. The standard InChI is InChI=1S/C8H20OSSi/c1-8(2,3)11(4,5)7(9)6-10/h7,9-10H,6H2,1-5H3. The maximum absolute atomic E-state index is 9.71. The van der Waals surface area contributed by atoms with Crippen molar-refractivity contribution in [2.24, 2.45) is 0 Å². The molecule has 1 atom stereocenters. The van der Waals surface area contributed by atoms with Crippen LogP contribution in [0.5, 0.6) is 0 Å². The van der Waals surface area contributed by atoms with E-state index in [4.69, 9.17) is 0 Å². The van der Waals surface area contributed by atoms with Crippen LogP contribution in [0.1, 0.15) is 20.8 Å². The Labute approximate surface area is 76.6 Å². The van der Waals surface area contributed by atoms with E-state index >= 15 is 0 Å². The van der Waals surface area contributed by atoms with E-state index in [1.54, 1.807) is 0 Å². The molecule has 0 amide bonds. The van der Waals surface area contributed by atoms with Gasteiger partial charge >= 0.3 is 0 Å². The highest BCUT2D eigenvalue weighted by Gasteiger charge is 2.40. The fourth-order valence-electron chi connectivity index (χ4n) is 0.728. The predicted molar refractivity (Wildman–Crippen MR) is 57.1 cm³/mol. The molecule has 68 valence electrons. The van der Waals surface area contributed by atoms with Crippen LogP contribution >= 0.6 is 12.6 Å². The summed E-state index contributed by atoms with van der Waals surface area (Å²) in [6.07, 6.45) is 0. The molecule has 0 fully saturated rings. The molecule has 1 unspecified atom stereocenters. The number of aliphatic hydroxyl groups is 1. The molecule has 0 aromatic heterocycles. The quantitative estimate of drug-likeness (QED) is 0.508. The van der Waals surface area contributed by atoms with E-state index in [0.717, 1.165) is 0 Å². The first kappa shape index (κ1) is 11.5. The highest BCUT2D eigenvalue weighted by molar-refractivity contribution is 7.80. The Balaban J connectivity index is 4.45. The number of thiol groups is 1. The molecule has 3 heteroatoms. The summed E-state index contributed by atoms with van der Waals surface area (Å²) in [5.41, 5.74) is -0.189. The average molecular weight is 192 g/mol. The van der Waals surface area contributed by atoms with Gasteiger partial charge in [-0.25, -0.2) is 0 Å². The minimum absolute atomic E-state index is 0.189. The molecule has 0 aliphatic heterocycles. The van der Waals surface area contributed by atoms with Crippen molar-refractivity contribution in [1.82, 2.24) is 0 Å². The zero-order valence-corrected chi connectivity index (χ0v) is 10.1. The lowest BCUT2D eigenvalue weighted by Gasteiger charge is -2.40. The fourth-order valence-corrected chi connectivity index (χ4v) is 3.55. The van der Waals surface area contributed by atoms with Gasteiger partial charge in [0.05, 0.1) is 13.8 Å². The van der Waals surface area contributed by atoms with Crippen LogP contribution in [0.3, 0.4) is 0 Å². The Hall–Kier alpha value is 0.527. The second kappa shape index (κ2) is 3.50. The lowest BCUT2D eigenvalue weighted by atomic mass is 10.2. The Morgan fingerprint density at radius 1 is 1.36 bits per heavy atom. The lowest BCUT2D eigenvalue weighted by Crippen LogP contribution is -2.50. The molecule has 11 heavy (non-hydrogen) atoms. The van der Waals surface area contributed by atoms with Crippen molar-refractivity contribution < 1.29 is 5.11 Å². The predicted octanol–water partition coefficient (Wildman–Crippen LogP) is 2.32. The third-order valence-electron chi connectivity index (χ3n) is 2.94. The first-order chi connectivity index (χ1) is 4.73. The van der Waals surface area contributed by atoms with Gasteiger partial charge in [0.1, 0.15) is 0 Å². The average Bonchev–Trinajstić information content (AvgIpc) is 1.83.